The Labute approximate surface area is 63.2 Å². The van der Waals surface area contributed by atoms with Crippen LogP contribution in [0, 0.1) is 0 Å². The van der Waals surface area contributed by atoms with Crippen molar-refractivity contribution < 1.29 is 9.53 Å². The van der Waals surface area contributed by atoms with Crippen molar-refractivity contribution in [3.8, 4) is 0 Å². The zero-order valence-corrected chi connectivity index (χ0v) is 6.19. The number of nitrogens with zero attached hydrogens (tertiary/aromatic N) is 1. The molecule has 0 spiro atoms. The Bertz CT molecular complexity index is 188. The van der Waals surface area contributed by atoms with Gasteiger partial charge in [-0.05, 0) is 0 Å². The molecule has 0 aromatic heterocycles. The van der Waals surface area contributed by atoms with E-state index in [1.54, 1.807) is 0 Å². The van der Waals surface area contributed by atoms with E-state index in [1.165, 1.54) is 11.8 Å². The molecular formula is C6H7NO2S. The van der Waals surface area contributed by atoms with Gasteiger partial charge in [0.1, 0.15) is 0 Å². The van der Waals surface area contributed by atoms with E-state index in [0.29, 0.717) is 5.23 Å². The summed E-state index contributed by atoms with van der Waals surface area (Å²) in [5.74, 6) is 0.466. The van der Waals surface area contributed by atoms with Gasteiger partial charge in [-0.15, -0.1) is 0 Å². The Hall–Kier alpha value is -0.770. The average Bonchev–Trinajstić information content (AvgIpc) is 2.40. The molecule has 0 bridgehead atoms. The zero-order chi connectivity index (χ0) is 7.40. The lowest BCUT2D eigenvalue weighted by Crippen LogP contribution is -2.03. The third-order valence-corrected chi connectivity index (χ3v) is 1.76. The standard InChI is InChI=1S/C6H7NO2S/c1-2-5(8)9-6-7-3-4-10-6/h2H,1,3-4H2. The molecule has 0 atom stereocenters. The Morgan fingerprint density at radius 3 is 3.20 bits per heavy atom. The van der Waals surface area contributed by atoms with Gasteiger partial charge >= 0.3 is 5.97 Å². The number of ether oxygens (including phenoxy) is 1. The van der Waals surface area contributed by atoms with Crippen LogP contribution in [0.1, 0.15) is 0 Å². The molecule has 0 amide bonds. The highest BCUT2D eigenvalue weighted by Gasteiger charge is 2.10. The van der Waals surface area contributed by atoms with Crippen LogP contribution >= 0.6 is 11.8 Å². The number of aliphatic imine (C=N–C) groups is 1. The third kappa shape index (κ3) is 1.88. The number of rotatable bonds is 1. The summed E-state index contributed by atoms with van der Waals surface area (Å²) in [7, 11) is 0. The number of hydrogen-bond acceptors (Lipinski definition) is 4. The van der Waals surface area contributed by atoms with Crippen LogP contribution < -0.4 is 0 Å². The lowest BCUT2D eigenvalue weighted by atomic mass is 10.7. The molecule has 0 unspecified atom stereocenters. The second kappa shape index (κ2) is 3.41. The molecule has 4 heteroatoms. The maximum absolute atomic E-state index is 10.5. The van der Waals surface area contributed by atoms with Crippen LogP contribution in [0.25, 0.3) is 0 Å². The van der Waals surface area contributed by atoms with Gasteiger partial charge in [0, 0.05) is 11.8 Å². The predicted molar refractivity (Wildman–Crippen MR) is 41.0 cm³/mol. The van der Waals surface area contributed by atoms with Crippen LogP contribution in [0.2, 0.25) is 0 Å². The van der Waals surface area contributed by atoms with E-state index in [1.807, 2.05) is 0 Å². The van der Waals surface area contributed by atoms with Gasteiger partial charge in [-0.1, -0.05) is 18.3 Å². The van der Waals surface area contributed by atoms with Gasteiger partial charge in [0.2, 0.25) is 0 Å². The third-order valence-electron chi connectivity index (χ3n) is 0.912. The molecule has 0 aromatic rings. The first kappa shape index (κ1) is 7.34. The Balaban J connectivity index is 2.37. The number of hydrogen-bond donors (Lipinski definition) is 0. The van der Waals surface area contributed by atoms with Gasteiger partial charge in [-0.25, -0.2) is 9.79 Å². The van der Waals surface area contributed by atoms with Crippen molar-refractivity contribution in [1.82, 2.24) is 0 Å². The van der Waals surface area contributed by atoms with Crippen molar-refractivity contribution in [1.29, 1.82) is 0 Å². The molecule has 1 heterocycles. The van der Waals surface area contributed by atoms with Crippen LogP contribution in [0.4, 0.5) is 0 Å². The minimum absolute atomic E-state index is 0.437. The minimum Gasteiger partial charge on any atom is -0.398 e. The fourth-order valence-corrected chi connectivity index (χ4v) is 1.19. The number of carbonyl (C=O) groups is 1. The van der Waals surface area contributed by atoms with E-state index in [9.17, 15) is 4.79 Å². The van der Waals surface area contributed by atoms with Gasteiger partial charge in [0.25, 0.3) is 5.23 Å². The highest BCUT2D eigenvalue weighted by Crippen LogP contribution is 2.12. The van der Waals surface area contributed by atoms with Crippen LogP contribution in [0.15, 0.2) is 17.6 Å². The molecule has 54 valence electrons. The molecule has 1 aliphatic rings. The predicted octanol–water partition coefficient (Wildman–Crippen LogP) is 0.818. The molecule has 0 radical (unpaired) electrons. The van der Waals surface area contributed by atoms with Crippen molar-refractivity contribution in [3.63, 3.8) is 0 Å². The quantitative estimate of drug-likeness (QED) is 0.418. The molecule has 0 aliphatic carbocycles. The highest BCUT2D eigenvalue weighted by atomic mass is 32.2. The molecule has 1 aliphatic heterocycles. The summed E-state index contributed by atoms with van der Waals surface area (Å²) in [5, 5.41) is 0.463. The van der Waals surface area contributed by atoms with Crippen molar-refractivity contribution in [2.24, 2.45) is 4.99 Å². The van der Waals surface area contributed by atoms with Gasteiger partial charge in [-0.3, -0.25) is 0 Å². The summed E-state index contributed by atoms with van der Waals surface area (Å²) in [6.45, 7) is 4.00. The molecule has 0 aromatic carbocycles. The molecule has 0 fully saturated rings. The fraction of sp³-hybridized carbons (Fsp3) is 0.333. The Morgan fingerprint density at radius 1 is 1.90 bits per heavy atom. The number of thioether (sulfide) groups is 1. The van der Waals surface area contributed by atoms with E-state index in [0.717, 1.165) is 18.4 Å². The van der Waals surface area contributed by atoms with Crippen LogP contribution in [-0.2, 0) is 9.53 Å². The van der Waals surface area contributed by atoms with E-state index in [4.69, 9.17) is 4.74 Å². The second-order valence-corrected chi connectivity index (χ2v) is 2.67. The summed E-state index contributed by atoms with van der Waals surface area (Å²) in [6.07, 6.45) is 1.13. The topological polar surface area (TPSA) is 38.7 Å². The zero-order valence-electron chi connectivity index (χ0n) is 5.37. The first-order chi connectivity index (χ1) is 4.83. The molecule has 0 saturated carbocycles. The lowest BCUT2D eigenvalue weighted by molar-refractivity contribution is -0.129. The summed E-state index contributed by atoms with van der Waals surface area (Å²) in [6, 6.07) is 0. The van der Waals surface area contributed by atoms with Gasteiger partial charge in [0.05, 0.1) is 6.54 Å². The van der Waals surface area contributed by atoms with Crippen molar-refractivity contribution in [2.75, 3.05) is 12.3 Å². The van der Waals surface area contributed by atoms with Gasteiger partial charge < -0.3 is 4.74 Å². The molecular weight excluding hydrogens is 150 g/mol. The molecule has 1 rings (SSSR count). The van der Waals surface area contributed by atoms with E-state index >= 15 is 0 Å². The SMILES string of the molecule is C=CC(=O)OC1=NCCS1. The van der Waals surface area contributed by atoms with Crippen molar-refractivity contribution >= 4 is 23.0 Å². The van der Waals surface area contributed by atoms with Crippen molar-refractivity contribution in [2.45, 2.75) is 0 Å². The normalized spacial score (nSPS) is 16.2. The second-order valence-electron chi connectivity index (χ2n) is 1.62. The molecule has 10 heavy (non-hydrogen) atoms. The fourth-order valence-electron chi connectivity index (χ4n) is 0.505. The molecule has 0 N–H and O–H groups in total. The summed E-state index contributed by atoms with van der Waals surface area (Å²) in [4.78, 5) is 14.4. The van der Waals surface area contributed by atoms with Crippen LogP contribution in [-0.4, -0.2) is 23.5 Å². The summed E-state index contributed by atoms with van der Waals surface area (Å²) < 4.78 is 4.72. The number of carbonyl (C=O) groups excluding carboxylic acids is 1. The molecule has 0 saturated heterocycles. The smallest absolute Gasteiger partial charge is 0.337 e. The largest absolute Gasteiger partial charge is 0.398 e. The minimum atomic E-state index is -0.437. The first-order valence-electron chi connectivity index (χ1n) is 2.84. The Morgan fingerprint density at radius 2 is 2.70 bits per heavy atom. The summed E-state index contributed by atoms with van der Waals surface area (Å²) in [5.41, 5.74) is 0. The van der Waals surface area contributed by atoms with Crippen molar-refractivity contribution in [3.05, 3.63) is 12.7 Å². The summed E-state index contributed by atoms with van der Waals surface area (Å²) >= 11 is 1.45. The maximum Gasteiger partial charge on any atom is 0.337 e. The maximum atomic E-state index is 10.5. The first-order valence-corrected chi connectivity index (χ1v) is 3.83. The highest BCUT2D eigenvalue weighted by molar-refractivity contribution is 8.13. The van der Waals surface area contributed by atoms with Gasteiger partial charge in [0.15, 0.2) is 0 Å². The van der Waals surface area contributed by atoms with E-state index in [2.05, 4.69) is 11.6 Å². The van der Waals surface area contributed by atoms with E-state index < -0.39 is 5.97 Å². The Kier molecular flexibility index (Phi) is 2.50. The van der Waals surface area contributed by atoms with E-state index in [-0.39, 0.29) is 0 Å². The van der Waals surface area contributed by atoms with Crippen LogP contribution in [0.5, 0.6) is 0 Å². The van der Waals surface area contributed by atoms with Gasteiger partial charge in [-0.2, -0.15) is 0 Å². The van der Waals surface area contributed by atoms with Crippen LogP contribution in [0.3, 0.4) is 0 Å². The average molecular weight is 157 g/mol. The lowest BCUT2D eigenvalue weighted by Gasteiger charge is -1.95. The monoisotopic (exact) mass is 157 g/mol. The molecule has 3 nitrogen and oxygen atoms in total. The number of esters is 1.